The van der Waals surface area contributed by atoms with E-state index in [1.807, 2.05) is 41.8 Å². The summed E-state index contributed by atoms with van der Waals surface area (Å²) in [6.07, 6.45) is 6.34. The van der Waals surface area contributed by atoms with Gasteiger partial charge >= 0.3 is 5.97 Å². The number of carbonyl (C=O) groups excluding carboxylic acids is 1. The van der Waals surface area contributed by atoms with Crippen LogP contribution in [0.1, 0.15) is 77.0 Å². The van der Waals surface area contributed by atoms with Gasteiger partial charge in [-0.3, -0.25) is 19.9 Å². The minimum absolute atomic E-state index is 0.0708. The quantitative estimate of drug-likeness (QED) is 0.341. The number of hydrogen-bond acceptors (Lipinski definition) is 4. The van der Waals surface area contributed by atoms with Crippen LogP contribution in [0, 0.1) is 5.41 Å². The van der Waals surface area contributed by atoms with Crippen LogP contribution < -0.4 is 5.73 Å². The van der Waals surface area contributed by atoms with Gasteiger partial charge in [-0.25, -0.2) is 0 Å². The number of rotatable bonds is 10. The second kappa shape index (κ2) is 10.6. The molecule has 2 aromatic rings. The number of likely N-dealkylation sites (tertiary alicyclic amines) is 2. The first kappa shape index (κ1) is 26.2. The smallest absolute Gasteiger partial charge is 0.324 e. The number of aromatic nitrogens is 1. The van der Waals surface area contributed by atoms with Crippen molar-refractivity contribution < 1.29 is 14.7 Å². The highest BCUT2D eigenvalue weighted by Crippen LogP contribution is 2.35. The molecule has 2 aliphatic rings. The van der Waals surface area contributed by atoms with Crippen molar-refractivity contribution >= 4 is 28.6 Å². The molecular formula is C28H41N5O3. The Balaban J connectivity index is 1.51. The molecule has 2 atom stereocenters. The van der Waals surface area contributed by atoms with E-state index in [1.165, 1.54) is 5.69 Å². The number of carboxylic acids is 1. The third-order valence-electron chi connectivity index (χ3n) is 8.67. The van der Waals surface area contributed by atoms with Gasteiger partial charge in [0.2, 0.25) is 5.91 Å². The van der Waals surface area contributed by atoms with E-state index in [1.54, 1.807) is 0 Å². The van der Waals surface area contributed by atoms with Crippen molar-refractivity contribution in [2.75, 3.05) is 13.1 Å². The van der Waals surface area contributed by atoms with Crippen LogP contribution in [-0.2, 0) is 22.6 Å². The molecule has 2 aliphatic heterocycles. The highest BCUT2D eigenvalue weighted by Gasteiger charge is 2.49. The van der Waals surface area contributed by atoms with Crippen LogP contribution in [0.15, 0.2) is 24.3 Å². The van der Waals surface area contributed by atoms with Gasteiger partial charge in [0.25, 0.3) is 0 Å². The fourth-order valence-corrected chi connectivity index (χ4v) is 6.61. The van der Waals surface area contributed by atoms with Gasteiger partial charge < -0.3 is 20.3 Å². The SMILES string of the molecule is CCn1c(CC[C@@H]2CCCN2C(=O)[C@H]2CCCN2C(CC)(CC)C(=O)O)cc2ccc(C(=N)N)cc21. The molecule has 4 N–H and O–H groups in total. The molecule has 3 heterocycles. The third kappa shape index (κ3) is 4.51. The van der Waals surface area contributed by atoms with Crippen molar-refractivity contribution in [3.8, 4) is 0 Å². The highest BCUT2D eigenvalue weighted by molar-refractivity contribution is 5.98. The lowest BCUT2D eigenvalue weighted by atomic mass is 9.89. The number of aliphatic carboxylic acids is 1. The molecule has 2 saturated heterocycles. The number of carbonyl (C=O) groups is 2. The van der Waals surface area contributed by atoms with Crippen molar-refractivity contribution in [2.45, 2.75) is 96.3 Å². The van der Waals surface area contributed by atoms with Crippen molar-refractivity contribution in [3.05, 3.63) is 35.5 Å². The zero-order valence-electron chi connectivity index (χ0n) is 21.9. The maximum absolute atomic E-state index is 13.8. The molecule has 2 fully saturated rings. The number of amidine groups is 1. The molecular weight excluding hydrogens is 454 g/mol. The fraction of sp³-hybridized carbons (Fsp3) is 0.607. The molecule has 196 valence electrons. The van der Waals surface area contributed by atoms with E-state index in [0.717, 1.165) is 68.1 Å². The van der Waals surface area contributed by atoms with Crippen LogP contribution in [0.3, 0.4) is 0 Å². The largest absolute Gasteiger partial charge is 0.480 e. The molecule has 0 spiro atoms. The predicted octanol–water partition coefficient (Wildman–Crippen LogP) is 3.98. The number of nitrogens with zero attached hydrogens (tertiary/aromatic N) is 3. The minimum Gasteiger partial charge on any atom is -0.480 e. The van der Waals surface area contributed by atoms with E-state index in [4.69, 9.17) is 11.1 Å². The summed E-state index contributed by atoms with van der Waals surface area (Å²) in [5, 5.41) is 19.0. The topological polar surface area (TPSA) is 116 Å². The summed E-state index contributed by atoms with van der Waals surface area (Å²) in [5.74, 6) is -0.628. The Hall–Kier alpha value is -2.87. The van der Waals surface area contributed by atoms with Crippen LogP contribution in [-0.4, -0.2) is 67.9 Å². The number of hydrogen-bond donors (Lipinski definition) is 3. The Bertz CT molecular complexity index is 1140. The summed E-state index contributed by atoms with van der Waals surface area (Å²) in [7, 11) is 0. The van der Waals surface area contributed by atoms with E-state index in [9.17, 15) is 14.7 Å². The summed E-state index contributed by atoms with van der Waals surface area (Å²) in [5.41, 5.74) is 7.80. The number of fused-ring (bicyclic) bond motifs is 1. The van der Waals surface area contributed by atoms with Crippen LogP contribution >= 0.6 is 0 Å². The molecule has 4 rings (SSSR count). The molecule has 0 unspecified atom stereocenters. The highest BCUT2D eigenvalue weighted by atomic mass is 16.4. The zero-order valence-corrected chi connectivity index (χ0v) is 21.9. The Morgan fingerprint density at radius 3 is 2.47 bits per heavy atom. The number of nitrogens with two attached hydrogens (primary N) is 1. The van der Waals surface area contributed by atoms with E-state index in [-0.39, 0.29) is 23.8 Å². The maximum Gasteiger partial charge on any atom is 0.324 e. The van der Waals surface area contributed by atoms with Crippen molar-refractivity contribution in [1.29, 1.82) is 5.41 Å². The summed E-state index contributed by atoms with van der Waals surface area (Å²) >= 11 is 0. The lowest BCUT2D eigenvalue weighted by molar-refractivity contribution is -0.156. The van der Waals surface area contributed by atoms with E-state index in [2.05, 4.69) is 17.6 Å². The Labute approximate surface area is 213 Å². The summed E-state index contributed by atoms with van der Waals surface area (Å²) < 4.78 is 2.28. The lowest BCUT2D eigenvalue weighted by Crippen LogP contribution is -2.59. The number of amides is 1. The number of benzene rings is 1. The van der Waals surface area contributed by atoms with Gasteiger partial charge in [0, 0.05) is 42.5 Å². The molecule has 1 aromatic heterocycles. The van der Waals surface area contributed by atoms with Gasteiger partial charge in [0.1, 0.15) is 11.4 Å². The predicted molar refractivity (Wildman–Crippen MR) is 142 cm³/mol. The maximum atomic E-state index is 13.8. The van der Waals surface area contributed by atoms with Gasteiger partial charge in [-0.15, -0.1) is 0 Å². The molecule has 36 heavy (non-hydrogen) atoms. The zero-order chi connectivity index (χ0) is 26.0. The normalized spacial score (nSPS) is 20.9. The summed E-state index contributed by atoms with van der Waals surface area (Å²) in [6.45, 7) is 8.22. The first-order valence-corrected chi connectivity index (χ1v) is 13.5. The second-order valence-electron chi connectivity index (χ2n) is 10.3. The first-order valence-electron chi connectivity index (χ1n) is 13.5. The third-order valence-corrected chi connectivity index (χ3v) is 8.67. The van der Waals surface area contributed by atoms with Gasteiger partial charge in [-0.05, 0) is 75.8 Å². The van der Waals surface area contributed by atoms with Gasteiger partial charge in [-0.2, -0.15) is 0 Å². The molecule has 8 heteroatoms. The van der Waals surface area contributed by atoms with Crippen molar-refractivity contribution in [1.82, 2.24) is 14.4 Å². The van der Waals surface area contributed by atoms with Crippen LogP contribution in [0.25, 0.3) is 10.9 Å². The molecule has 0 aliphatic carbocycles. The average Bonchev–Trinajstić information content (AvgIpc) is 3.61. The molecule has 1 aromatic carbocycles. The van der Waals surface area contributed by atoms with Gasteiger partial charge in [0.05, 0.1) is 6.04 Å². The number of carboxylic acid groups (broad SMARTS) is 1. The number of nitrogen functional groups attached to an aromatic ring is 1. The number of nitrogens with one attached hydrogen (secondary N) is 1. The Kier molecular flexibility index (Phi) is 7.73. The Morgan fingerprint density at radius 1 is 1.11 bits per heavy atom. The van der Waals surface area contributed by atoms with Crippen molar-refractivity contribution in [3.63, 3.8) is 0 Å². The molecule has 0 radical (unpaired) electrons. The lowest BCUT2D eigenvalue weighted by Gasteiger charge is -2.41. The molecule has 0 saturated carbocycles. The summed E-state index contributed by atoms with van der Waals surface area (Å²) in [6, 6.07) is 7.96. The van der Waals surface area contributed by atoms with Crippen LogP contribution in [0.5, 0.6) is 0 Å². The average molecular weight is 496 g/mol. The Morgan fingerprint density at radius 2 is 1.83 bits per heavy atom. The molecule has 1 amide bonds. The van der Waals surface area contributed by atoms with E-state index >= 15 is 0 Å². The van der Waals surface area contributed by atoms with E-state index < -0.39 is 11.5 Å². The standard InChI is InChI=1S/C28H41N5O3/c1-4-28(5-2,27(35)36)33-16-8-10-23(33)26(34)32-15-7-9-21(32)13-14-22-17-19-11-12-20(25(29)30)18-24(19)31(22)6-3/h11-12,17-18,21,23H,4-10,13-16H2,1-3H3,(H3,29,30)(H,35,36)/t21-,23+/m0/s1. The minimum atomic E-state index is -0.965. The fourth-order valence-electron chi connectivity index (χ4n) is 6.61. The number of aryl methyl sites for hydroxylation is 2. The van der Waals surface area contributed by atoms with Crippen LogP contribution in [0.2, 0.25) is 0 Å². The van der Waals surface area contributed by atoms with Gasteiger partial charge in [-0.1, -0.05) is 26.0 Å². The monoisotopic (exact) mass is 495 g/mol. The first-order chi connectivity index (χ1) is 17.3. The molecule has 8 nitrogen and oxygen atoms in total. The van der Waals surface area contributed by atoms with Gasteiger partial charge in [0.15, 0.2) is 0 Å². The summed E-state index contributed by atoms with van der Waals surface area (Å²) in [4.78, 5) is 30.1. The second-order valence-corrected chi connectivity index (χ2v) is 10.3. The van der Waals surface area contributed by atoms with Crippen LogP contribution in [0.4, 0.5) is 0 Å². The molecule has 0 bridgehead atoms. The van der Waals surface area contributed by atoms with Crippen molar-refractivity contribution in [2.24, 2.45) is 5.73 Å². The van der Waals surface area contributed by atoms with E-state index in [0.29, 0.717) is 19.4 Å².